The zero-order valence-corrected chi connectivity index (χ0v) is 14.5. The molecule has 3 heteroatoms. The molecule has 0 aliphatic heterocycles. The summed E-state index contributed by atoms with van der Waals surface area (Å²) in [5.74, 6) is 0.682. The Hall–Kier alpha value is -0.120. The summed E-state index contributed by atoms with van der Waals surface area (Å²) < 4.78 is 0. The van der Waals surface area contributed by atoms with E-state index < -0.39 is 0 Å². The maximum Gasteiger partial charge on any atom is 0.0609 e. The Balaban J connectivity index is 2.74. The quantitative estimate of drug-likeness (QED) is 0.754. The van der Waals surface area contributed by atoms with Gasteiger partial charge < -0.3 is 10.4 Å². The summed E-state index contributed by atoms with van der Waals surface area (Å²) in [4.78, 5) is 2.33. The van der Waals surface area contributed by atoms with Gasteiger partial charge in [0, 0.05) is 18.1 Å². The average Bonchev–Trinajstić information content (AvgIpc) is 2.37. The lowest BCUT2D eigenvalue weighted by Gasteiger charge is -2.47. The Morgan fingerprint density at radius 1 is 1.35 bits per heavy atom. The van der Waals surface area contributed by atoms with Crippen molar-refractivity contribution in [1.29, 1.82) is 0 Å². The Morgan fingerprint density at radius 3 is 2.55 bits per heavy atom. The minimum absolute atomic E-state index is 0.128. The Morgan fingerprint density at radius 2 is 2.00 bits per heavy atom. The third-order valence-electron chi connectivity index (χ3n) is 5.25. The topological polar surface area (TPSA) is 35.5 Å². The van der Waals surface area contributed by atoms with Gasteiger partial charge in [0.05, 0.1) is 6.61 Å². The molecule has 2 atom stereocenters. The van der Waals surface area contributed by atoms with Crippen molar-refractivity contribution in [3.63, 3.8) is 0 Å². The molecule has 1 rings (SSSR count). The molecule has 1 saturated carbocycles. The number of aliphatic hydroxyl groups is 1. The highest BCUT2D eigenvalue weighted by atomic mass is 16.3. The number of hydrogen-bond acceptors (Lipinski definition) is 3. The summed E-state index contributed by atoms with van der Waals surface area (Å²) in [6.07, 6.45) is 5.14. The standard InChI is InChI=1S/C17H36N2O/c1-7-11-18-15-14(9-8-10-16(15,2)3)12-19(6)17(4,5)13-20/h14-15,18,20H,7-13H2,1-6H3. The maximum atomic E-state index is 9.55. The average molecular weight is 284 g/mol. The van der Waals surface area contributed by atoms with E-state index in [0.717, 1.165) is 13.1 Å². The molecule has 0 aromatic heterocycles. The molecule has 1 aliphatic rings. The van der Waals surface area contributed by atoms with Crippen molar-refractivity contribution in [2.75, 3.05) is 26.7 Å². The second-order valence-electron chi connectivity index (χ2n) is 7.92. The van der Waals surface area contributed by atoms with E-state index in [0.29, 0.717) is 17.4 Å². The van der Waals surface area contributed by atoms with Gasteiger partial charge in [-0.3, -0.25) is 4.90 Å². The van der Waals surface area contributed by atoms with Crippen molar-refractivity contribution in [2.45, 2.75) is 71.9 Å². The lowest BCUT2D eigenvalue weighted by Crippen LogP contribution is -2.55. The number of nitrogens with zero attached hydrogens (tertiary/aromatic N) is 1. The minimum atomic E-state index is -0.128. The van der Waals surface area contributed by atoms with Crippen LogP contribution in [0, 0.1) is 11.3 Å². The molecule has 0 heterocycles. The van der Waals surface area contributed by atoms with E-state index in [9.17, 15) is 5.11 Å². The van der Waals surface area contributed by atoms with Gasteiger partial charge in [-0.05, 0) is 58.0 Å². The summed E-state index contributed by atoms with van der Waals surface area (Å²) in [6.45, 7) is 13.7. The van der Waals surface area contributed by atoms with Gasteiger partial charge in [-0.1, -0.05) is 27.2 Å². The number of rotatable bonds is 7. The van der Waals surface area contributed by atoms with Crippen molar-refractivity contribution in [3.05, 3.63) is 0 Å². The van der Waals surface area contributed by atoms with Gasteiger partial charge in [0.2, 0.25) is 0 Å². The smallest absolute Gasteiger partial charge is 0.0609 e. The highest BCUT2D eigenvalue weighted by molar-refractivity contribution is 4.95. The van der Waals surface area contributed by atoms with Crippen LogP contribution in [0.2, 0.25) is 0 Å². The summed E-state index contributed by atoms with van der Waals surface area (Å²) in [7, 11) is 2.15. The third kappa shape index (κ3) is 4.44. The van der Waals surface area contributed by atoms with E-state index in [4.69, 9.17) is 0 Å². The predicted octanol–water partition coefficient (Wildman–Crippen LogP) is 2.88. The van der Waals surface area contributed by atoms with Gasteiger partial charge in [-0.15, -0.1) is 0 Å². The monoisotopic (exact) mass is 284 g/mol. The highest BCUT2D eigenvalue weighted by Gasteiger charge is 2.39. The largest absolute Gasteiger partial charge is 0.394 e. The molecule has 0 aromatic carbocycles. The van der Waals surface area contributed by atoms with Gasteiger partial charge in [0.1, 0.15) is 0 Å². The van der Waals surface area contributed by atoms with Crippen LogP contribution in [-0.2, 0) is 0 Å². The number of nitrogens with one attached hydrogen (secondary N) is 1. The number of likely N-dealkylation sites (N-methyl/N-ethyl adjacent to an activating group) is 1. The first-order valence-electron chi connectivity index (χ1n) is 8.30. The van der Waals surface area contributed by atoms with Crippen molar-refractivity contribution in [2.24, 2.45) is 11.3 Å². The van der Waals surface area contributed by atoms with Crippen LogP contribution >= 0.6 is 0 Å². The fraction of sp³-hybridized carbons (Fsp3) is 1.00. The highest BCUT2D eigenvalue weighted by Crippen LogP contribution is 2.39. The van der Waals surface area contributed by atoms with Crippen LogP contribution in [0.4, 0.5) is 0 Å². The van der Waals surface area contributed by atoms with Crippen LogP contribution in [0.3, 0.4) is 0 Å². The van der Waals surface area contributed by atoms with Crippen molar-refractivity contribution < 1.29 is 5.11 Å². The van der Waals surface area contributed by atoms with Gasteiger partial charge >= 0.3 is 0 Å². The molecule has 2 unspecified atom stereocenters. The van der Waals surface area contributed by atoms with E-state index in [1.54, 1.807) is 0 Å². The second-order valence-corrected chi connectivity index (χ2v) is 7.92. The third-order valence-corrected chi connectivity index (χ3v) is 5.25. The molecule has 20 heavy (non-hydrogen) atoms. The van der Waals surface area contributed by atoms with Gasteiger partial charge in [-0.2, -0.15) is 0 Å². The molecule has 0 aromatic rings. The molecule has 0 saturated heterocycles. The molecule has 2 N–H and O–H groups in total. The number of aliphatic hydroxyl groups excluding tert-OH is 1. The lowest BCUT2D eigenvalue weighted by atomic mass is 9.67. The molecule has 0 amide bonds. The maximum absolute atomic E-state index is 9.55. The molecule has 3 nitrogen and oxygen atoms in total. The first-order valence-corrected chi connectivity index (χ1v) is 8.30. The second kappa shape index (κ2) is 7.24. The minimum Gasteiger partial charge on any atom is -0.394 e. The Labute approximate surface area is 126 Å². The van der Waals surface area contributed by atoms with Crippen molar-refractivity contribution >= 4 is 0 Å². The zero-order valence-electron chi connectivity index (χ0n) is 14.5. The van der Waals surface area contributed by atoms with Crippen molar-refractivity contribution in [1.82, 2.24) is 10.2 Å². The van der Waals surface area contributed by atoms with E-state index in [1.807, 2.05) is 0 Å². The predicted molar refractivity (Wildman–Crippen MR) is 87.0 cm³/mol. The molecule has 1 fully saturated rings. The van der Waals surface area contributed by atoms with Crippen LogP contribution < -0.4 is 5.32 Å². The molecular weight excluding hydrogens is 248 g/mol. The summed E-state index contributed by atoms with van der Waals surface area (Å²) in [5, 5.41) is 13.3. The van der Waals surface area contributed by atoms with E-state index in [2.05, 4.69) is 51.9 Å². The molecular formula is C17H36N2O. The SMILES string of the molecule is CCCNC1C(CN(C)C(C)(C)CO)CCCC1(C)C. The van der Waals surface area contributed by atoms with Gasteiger partial charge in [0.15, 0.2) is 0 Å². The molecule has 120 valence electrons. The fourth-order valence-electron chi connectivity index (χ4n) is 3.44. The summed E-state index contributed by atoms with van der Waals surface area (Å²) in [6, 6.07) is 0.591. The van der Waals surface area contributed by atoms with Crippen LogP contribution in [0.25, 0.3) is 0 Å². The van der Waals surface area contributed by atoms with Crippen LogP contribution in [0.15, 0.2) is 0 Å². The first-order chi connectivity index (χ1) is 9.24. The lowest BCUT2D eigenvalue weighted by molar-refractivity contribution is 0.0299. The zero-order chi connectivity index (χ0) is 15.4. The Kier molecular flexibility index (Phi) is 6.49. The fourth-order valence-corrected chi connectivity index (χ4v) is 3.44. The van der Waals surface area contributed by atoms with Crippen molar-refractivity contribution in [3.8, 4) is 0 Å². The normalized spacial score (nSPS) is 27.0. The van der Waals surface area contributed by atoms with Crippen LogP contribution in [-0.4, -0.2) is 48.3 Å². The van der Waals surface area contributed by atoms with Crippen LogP contribution in [0.1, 0.15) is 60.3 Å². The van der Waals surface area contributed by atoms with Crippen LogP contribution in [0.5, 0.6) is 0 Å². The van der Waals surface area contributed by atoms with E-state index in [1.165, 1.54) is 25.7 Å². The summed E-state index contributed by atoms with van der Waals surface area (Å²) >= 11 is 0. The van der Waals surface area contributed by atoms with Gasteiger partial charge in [-0.25, -0.2) is 0 Å². The first kappa shape index (κ1) is 17.9. The Bertz CT molecular complexity index is 289. The van der Waals surface area contributed by atoms with E-state index in [-0.39, 0.29) is 12.1 Å². The molecule has 0 radical (unpaired) electrons. The van der Waals surface area contributed by atoms with E-state index >= 15 is 0 Å². The molecule has 0 bridgehead atoms. The molecule has 1 aliphatic carbocycles. The molecule has 0 spiro atoms. The summed E-state index contributed by atoms with van der Waals surface area (Å²) in [5.41, 5.74) is 0.249. The number of hydrogen-bond donors (Lipinski definition) is 2. The van der Waals surface area contributed by atoms with Gasteiger partial charge in [0.25, 0.3) is 0 Å².